The fourth-order valence-corrected chi connectivity index (χ4v) is 6.15. The van der Waals surface area contributed by atoms with Gasteiger partial charge in [-0.05, 0) is 67.1 Å². The smallest absolute Gasteiger partial charge is 0.254 e. The molecule has 0 fully saturated rings. The van der Waals surface area contributed by atoms with E-state index in [-0.39, 0.29) is 30.6 Å². The number of hydrogen-bond donors (Lipinski definition) is 1. The first kappa shape index (κ1) is 30.1. The number of ether oxygens (including phenoxy) is 1. The fourth-order valence-electron chi connectivity index (χ4n) is 5.18. The second-order valence-electron chi connectivity index (χ2n) is 10.3. The molecule has 7 nitrogen and oxygen atoms in total. The number of likely N-dealkylation sites (N-methyl/N-ethyl adjacent to an activating group) is 1. The van der Waals surface area contributed by atoms with E-state index < -0.39 is 6.04 Å². The Hall–Kier alpha value is -4.37. The van der Waals surface area contributed by atoms with Gasteiger partial charge in [0.2, 0.25) is 5.91 Å². The van der Waals surface area contributed by atoms with Crippen LogP contribution in [0.5, 0.6) is 5.75 Å². The van der Waals surface area contributed by atoms with E-state index >= 15 is 0 Å². The van der Waals surface area contributed by atoms with Crippen molar-refractivity contribution in [3.05, 3.63) is 124 Å². The molecule has 0 aromatic heterocycles. The van der Waals surface area contributed by atoms with Crippen LogP contribution in [-0.2, 0) is 22.7 Å². The Labute approximate surface area is 256 Å². The molecule has 1 N–H and O–H groups in total. The van der Waals surface area contributed by atoms with Crippen molar-refractivity contribution in [3.63, 3.8) is 0 Å². The number of nitrogens with zero attached hydrogens (tertiary/aromatic N) is 3. The Morgan fingerprint density at radius 1 is 1.00 bits per heavy atom. The predicted molar refractivity (Wildman–Crippen MR) is 168 cm³/mol. The molecule has 1 atom stereocenters. The highest BCUT2D eigenvalue weighted by molar-refractivity contribution is 8.16. The normalized spacial score (nSPS) is 15.9. The van der Waals surface area contributed by atoms with Crippen LogP contribution in [-0.4, -0.2) is 39.9 Å². The van der Waals surface area contributed by atoms with Crippen LogP contribution in [0, 0.1) is 5.82 Å². The summed E-state index contributed by atoms with van der Waals surface area (Å²) < 4.78 is 19.4. The summed E-state index contributed by atoms with van der Waals surface area (Å²) >= 11 is 1.44. The highest BCUT2D eigenvalue weighted by Gasteiger charge is 2.41. The Bertz CT molecular complexity index is 1570. The van der Waals surface area contributed by atoms with Crippen LogP contribution in [0.4, 0.5) is 4.39 Å². The van der Waals surface area contributed by atoms with Gasteiger partial charge in [0.15, 0.2) is 5.17 Å². The summed E-state index contributed by atoms with van der Waals surface area (Å²) in [5.41, 5.74) is 4.72. The topological polar surface area (TPSA) is 74.2 Å². The number of allylic oxidation sites excluding steroid dienone is 1. The van der Waals surface area contributed by atoms with Crippen molar-refractivity contribution >= 4 is 28.7 Å². The van der Waals surface area contributed by atoms with Crippen LogP contribution in [0.3, 0.4) is 0 Å². The fraction of sp³-hybridized carbons (Fsp3) is 0.265. The van der Waals surface area contributed by atoms with Crippen LogP contribution in [0.1, 0.15) is 49.9 Å². The third kappa shape index (κ3) is 7.00. The molecule has 5 rings (SSSR count). The van der Waals surface area contributed by atoms with Gasteiger partial charge < -0.3 is 19.9 Å². The SMILES string of the molecule is CCN(CC)C(=O)C1=C(C)N=C2SC=C(CC(=O)NCc3ccc(F)cc3)N2[C@@H]1c1cccc(OCc2ccccc2)c1. The zero-order valence-electron chi connectivity index (χ0n) is 24.5. The molecule has 43 heavy (non-hydrogen) atoms. The minimum atomic E-state index is -0.493. The van der Waals surface area contributed by atoms with E-state index in [1.165, 1.54) is 23.9 Å². The lowest BCUT2D eigenvalue weighted by Gasteiger charge is -2.38. The number of amidine groups is 1. The number of benzene rings is 3. The van der Waals surface area contributed by atoms with E-state index in [1.807, 2.05) is 85.7 Å². The molecule has 0 saturated carbocycles. The highest BCUT2D eigenvalue weighted by Crippen LogP contribution is 2.45. The molecule has 2 aliphatic heterocycles. The number of amides is 2. The summed E-state index contributed by atoms with van der Waals surface area (Å²) in [6.07, 6.45) is 0.0969. The minimum absolute atomic E-state index is 0.0806. The Morgan fingerprint density at radius 3 is 2.47 bits per heavy atom. The zero-order valence-corrected chi connectivity index (χ0v) is 25.4. The lowest BCUT2D eigenvalue weighted by atomic mass is 9.92. The van der Waals surface area contributed by atoms with Crippen molar-refractivity contribution in [2.45, 2.75) is 46.4 Å². The molecule has 3 aromatic rings. The predicted octanol–water partition coefficient (Wildman–Crippen LogP) is 6.55. The standard InChI is InChI=1S/C34H35FN4O3S/c1-4-38(5-2)33(41)31-23(3)37-34-39(28(22-43-34)19-30(40)36-20-24-14-16-27(35)17-15-24)32(31)26-12-9-13-29(18-26)42-21-25-10-7-6-8-11-25/h6-18,22,32H,4-5,19-21H2,1-3H3,(H,36,40)/t32-/m1/s1. The molecular formula is C34H35FN4O3S. The summed E-state index contributed by atoms with van der Waals surface area (Å²) in [5.74, 6) is 0.105. The van der Waals surface area contributed by atoms with Crippen molar-refractivity contribution in [2.75, 3.05) is 13.1 Å². The van der Waals surface area contributed by atoms with Crippen molar-refractivity contribution in [2.24, 2.45) is 4.99 Å². The first-order valence-electron chi connectivity index (χ1n) is 14.4. The second kappa shape index (κ2) is 13.7. The van der Waals surface area contributed by atoms with E-state index in [0.717, 1.165) is 27.6 Å². The Morgan fingerprint density at radius 2 is 1.74 bits per heavy atom. The quantitative estimate of drug-likeness (QED) is 0.271. The number of carbonyl (C=O) groups is 2. The number of rotatable bonds is 11. The molecule has 2 aliphatic rings. The number of fused-ring (bicyclic) bond motifs is 1. The number of thioether (sulfide) groups is 1. The molecule has 3 aromatic carbocycles. The van der Waals surface area contributed by atoms with E-state index in [0.29, 0.717) is 36.7 Å². The summed E-state index contributed by atoms with van der Waals surface area (Å²) in [4.78, 5) is 35.7. The Balaban J connectivity index is 1.43. The monoisotopic (exact) mass is 598 g/mol. The molecule has 2 amide bonds. The molecule has 0 unspecified atom stereocenters. The number of carbonyl (C=O) groups excluding carboxylic acids is 2. The van der Waals surface area contributed by atoms with E-state index in [1.54, 1.807) is 17.0 Å². The van der Waals surface area contributed by atoms with Gasteiger partial charge in [0.1, 0.15) is 18.2 Å². The molecule has 0 spiro atoms. The third-order valence-electron chi connectivity index (χ3n) is 7.45. The summed E-state index contributed by atoms with van der Waals surface area (Å²) in [6.45, 7) is 7.64. The van der Waals surface area contributed by atoms with E-state index in [9.17, 15) is 14.0 Å². The van der Waals surface area contributed by atoms with Gasteiger partial charge in [-0.3, -0.25) is 9.59 Å². The molecule has 2 heterocycles. The molecule has 222 valence electrons. The number of nitrogens with one attached hydrogen (secondary N) is 1. The van der Waals surface area contributed by atoms with E-state index in [2.05, 4.69) is 5.32 Å². The van der Waals surface area contributed by atoms with Crippen molar-refractivity contribution in [1.29, 1.82) is 0 Å². The number of halogens is 1. The van der Waals surface area contributed by atoms with Gasteiger partial charge in [0.25, 0.3) is 5.91 Å². The molecular weight excluding hydrogens is 563 g/mol. The van der Waals surface area contributed by atoms with E-state index in [4.69, 9.17) is 9.73 Å². The lowest BCUT2D eigenvalue weighted by Crippen LogP contribution is -2.42. The van der Waals surface area contributed by atoms with Crippen molar-refractivity contribution in [3.8, 4) is 5.75 Å². The average molecular weight is 599 g/mol. The maximum atomic E-state index is 14.0. The van der Waals surface area contributed by atoms with Gasteiger partial charge >= 0.3 is 0 Å². The van der Waals surface area contributed by atoms with Crippen LogP contribution in [0.15, 0.2) is 106 Å². The zero-order chi connectivity index (χ0) is 30.3. The molecule has 0 saturated heterocycles. The first-order valence-corrected chi connectivity index (χ1v) is 15.3. The minimum Gasteiger partial charge on any atom is -0.489 e. The largest absolute Gasteiger partial charge is 0.489 e. The van der Waals surface area contributed by atoms with Crippen LogP contribution in [0.2, 0.25) is 0 Å². The second-order valence-corrected chi connectivity index (χ2v) is 11.1. The van der Waals surface area contributed by atoms with Gasteiger partial charge in [-0.2, -0.15) is 0 Å². The summed E-state index contributed by atoms with van der Waals surface area (Å²) in [7, 11) is 0. The van der Waals surface area contributed by atoms with Crippen LogP contribution >= 0.6 is 11.8 Å². The van der Waals surface area contributed by atoms with Crippen LogP contribution < -0.4 is 10.1 Å². The van der Waals surface area contributed by atoms with Gasteiger partial charge in [-0.25, -0.2) is 9.38 Å². The van der Waals surface area contributed by atoms with Crippen molar-refractivity contribution in [1.82, 2.24) is 15.1 Å². The maximum Gasteiger partial charge on any atom is 0.254 e. The number of aliphatic imine (C=N–C) groups is 1. The Kier molecular flexibility index (Phi) is 9.61. The molecule has 9 heteroatoms. The van der Waals surface area contributed by atoms with Gasteiger partial charge in [0, 0.05) is 25.3 Å². The highest BCUT2D eigenvalue weighted by atomic mass is 32.2. The lowest BCUT2D eigenvalue weighted by molar-refractivity contribution is -0.127. The third-order valence-corrected chi connectivity index (χ3v) is 8.34. The maximum absolute atomic E-state index is 14.0. The van der Waals surface area contributed by atoms with Crippen LogP contribution in [0.25, 0.3) is 0 Å². The summed E-state index contributed by atoms with van der Waals surface area (Å²) in [5, 5.41) is 5.58. The average Bonchev–Trinajstić information content (AvgIpc) is 3.41. The number of hydrogen-bond acceptors (Lipinski definition) is 6. The van der Waals surface area contributed by atoms with Gasteiger partial charge in [-0.15, -0.1) is 0 Å². The van der Waals surface area contributed by atoms with Crippen molar-refractivity contribution < 1.29 is 18.7 Å². The van der Waals surface area contributed by atoms with Gasteiger partial charge in [-0.1, -0.05) is 66.4 Å². The molecule has 0 radical (unpaired) electrons. The molecule has 0 bridgehead atoms. The molecule has 0 aliphatic carbocycles. The van der Waals surface area contributed by atoms with Gasteiger partial charge in [0.05, 0.1) is 23.7 Å². The first-order chi connectivity index (χ1) is 20.9. The summed E-state index contributed by atoms with van der Waals surface area (Å²) in [6, 6.07) is 23.3.